The lowest BCUT2D eigenvalue weighted by molar-refractivity contribution is -0.143. The molecule has 0 aromatic carbocycles. The van der Waals surface area contributed by atoms with Gasteiger partial charge in [0.25, 0.3) is 0 Å². The maximum Gasteiger partial charge on any atom is 0.305 e. The van der Waals surface area contributed by atoms with Crippen molar-refractivity contribution in [2.45, 2.75) is 58.9 Å². The second-order valence-corrected chi connectivity index (χ2v) is 4.43. The van der Waals surface area contributed by atoms with Gasteiger partial charge in [-0.05, 0) is 26.7 Å². The molecule has 4 heteroatoms. The van der Waals surface area contributed by atoms with Crippen molar-refractivity contribution in [1.29, 1.82) is 0 Å². The molecule has 0 saturated carbocycles. The molecule has 0 aliphatic heterocycles. The molecule has 0 bridgehead atoms. The fourth-order valence-corrected chi connectivity index (χ4v) is 1.89. The van der Waals surface area contributed by atoms with E-state index in [-0.39, 0.29) is 5.97 Å². The molecule has 0 N–H and O–H groups in total. The molecule has 1 heterocycles. The molecule has 101 valence electrons. The Morgan fingerprint density at radius 2 is 2.06 bits per heavy atom. The normalized spacial score (nSPS) is 10.6. The molecule has 0 aliphatic rings. The molecule has 4 nitrogen and oxygen atoms in total. The van der Waals surface area contributed by atoms with Crippen molar-refractivity contribution in [3.63, 3.8) is 0 Å². The monoisotopic (exact) mass is 251 g/mol. The van der Waals surface area contributed by atoms with E-state index in [1.807, 2.05) is 20.0 Å². The fourth-order valence-electron chi connectivity index (χ4n) is 1.89. The Morgan fingerprint density at radius 3 is 2.72 bits per heavy atom. The molecule has 0 amide bonds. The minimum absolute atomic E-state index is 0.0675. The SMILES string of the molecule is CCOC(=O)CCCCCCCn1c[c]nc1C. The molecule has 0 saturated heterocycles. The minimum Gasteiger partial charge on any atom is -0.466 e. The van der Waals surface area contributed by atoms with Crippen LogP contribution in [0.2, 0.25) is 0 Å². The Morgan fingerprint density at radius 1 is 1.33 bits per heavy atom. The van der Waals surface area contributed by atoms with Gasteiger partial charge in [-0.1, -0.05) is 19.3 Å². The van der Waals surface area contributed by atoms with Crippen LogP contribution in [0.5, 0.6) is 0 Å². The number of imidazole rings is 1. The molecule has 0 unspecified atom stereocenters. The lowest BCUT2D eigenvalue weighted by Crippen LogP contribution is -2.03. The van der Waals surface area contributed by atoms with Gasteiger partial charge >= 0.3 is 5.97 Å². The quantitative estimate of drug-likeness (QED) is 0.500. The number of carbonyl (C=O) groups is 1. The molecule has 1 aromatic heterocycles. The third-order valence-corrected chi connectivity index (χ3v) is 2.94. The molecular formula is C14H23N2O2. The van der Waals surface area contributed by atoms with Crippen LogP contribution >= 0.6 is 0 Å². The lowest BCUT2D eigenvalue weighted by Gasteiger charge is -2.05. The Balaban J connectivity index is 1.93. The highest BCUT2D eigenvalue weighted by molar-refractivity contribution is 5.69. The van der Waals surface area contributed by atoms with Crippen LogP contribution in [0.4, 0.5) is 0 Å². The molecule has 1 rings (SSSR count). The number of aromatic nitrogens is 2. The highest BCUT2D eigenvalue weighted by atomic mass is 16.5. The van der Waals surface area contributed by atoms with Crippen molar-refractivity contribution in [3.05, 3.63) is 18.2 Å². The molecule has 1 radical (unpaired) electrons. The van der Waals surface area contributed by atoms with Crippen LogP contribution in [0.3, 0.4) is 0 Å². The predicted octanol–water partition coefficient (Wildman–Crippen LogP) is 2.90. The first-order valence-electron chi connectivity index (χ1n) is 6.79. The van der Waals surface area contributed by atoms with Crippen LogP contribution in [-0.2, 0) is 16.1 Å². The van der Waals surface area contributed by atoms with E-state index in [0.717, 1.165) is 31.6 Å². The van der Waals surface area contributed by atoms with E-state index < -0.39 is 0 Å². The van der Waals surface area contributed by atoms with Crippen LogP contribution < -0.4 is 0 Å². The number of ether oxygens (including phenoxy) is 1. The van der Waals surface area contributed by atoms with E-state index in [4.69, 9.17) is 4.74 Å². The van der Waals surface area contributed by atoms with E-state index >= 15 is 0 Å². The third kappa shape index (κ3) is 5.84. The summed E-state index contributed by atoms with van der Waals surface area (Å²) in [5.74, 6) is 0.958. The van der Waals surface area contributed by atoms with Gasteiger partial charge in [0, 0.05) is 19.2 Å². The summed E-state index contributed by atoms with van der Waals surface area (Å²) in [5, 5.41) is 0. The van der Waals surface area contributed by atoms with E-state index in [1.54, 1.807) is 0 Å². The van der Waals surface area contributed by atoms with E-state index in [1.165, 1.54) is 12.8 Å². The average molecular weight is 251 g/mol. The molecule has 0 aliphatic carbocycles. The summed E-state index contributed by atoms with van der Waals surface area (Å²) in [6, 6.07) is 0. The zero-order chi connectivity index (χ0) is 13.2. The summed E-state index contributed by atoms with van der Waals surface area (Å²) in [6.45, 7) is 5.34. The number of nitrogens with zero attached hydrogens (tertiary/aromatic N) is 2. The summed E-state index contributed by atoms with van der Waals surface area (Å²) in [5.41, 5.74) is 0. The smallest absolute Gasteiger partial charge is 0.305 e. The zero-order valence-electron chi connectivity index (χ0n) is 11.4. The van der Waals surface area contributed by atoms with E-state index in [0.29, 0.717) is 13.0 Å². The fraction of sp³-hybridized carbons (Fsp3) is 0.714. The van der Waals surface area contributed by atoms with Crippen molar-refractivity contribution in [2.24, 2.45) is 0 Å². The Labute approximate surface area is 109 Å². The maximum absolute atomic E-state index is 11.1. The number of hydrogen-bond acceptors (Lipinski definition) is 3. The lowest BCUT2D eigenvalue weighted by atomic mass is 10.1. The predicted molar refractivity (Wildman–Crippen MR) is 70.1 cm³/mol. The first kappa shape index (κ1) is 14.7. The number of rotatable bonds is 9. The minimum atomic E-state index is -0.0675. The van der Waals surface area contributed by atoms with Crippen molar-refractivity contribution in [2.75, 3.05) is 6.61 Å². The summed E-state index contributed by atoms with van der Waals surface area (Å²) in [6.07, 6.45) is 10.9. The van der Waals surface area contributed by atoms with Crippen LogP contribution in [0.1, 0.15) is 51.3 Å². The van der Waals surface area contributed by atoms with E-state index in [9.17, 15) is 4.79 Å². The summed E-state index contributed by atoms with van der Waals surface area (Å²) < 4.78 is 7.00. The van der Waals surface area contributed by atoms with Crippen LogP contribution in [0, 0.1) is 13.1 Å². The van der Waals surface area contributed by atoms with Gasteiger partial charge in [-0.2, -0.15) is 0 Å². The first-order chi connectivity index (χ1) is 8.74. The van der Waals surface area contributed by atoms with Gasteiger partial charge in [-0.15, -0.1) is 0 Å². The van der Waals surface area contributed by atoms with Crippen LogP contribution in [0.25, 0.3) is 0 Å². The van der Waals surface area contributed by atoms with Gasteiger partial charge in [0.15, 0.2) is 0 Å². The van der Waals surface area contributed by atoms with Gasteiger partial charge < -0.3 is 9.30 Å². The summed E-state index contributed by atoms with van der Waals surface area (Å²) >= 11 is 0. The Bertz CT molecular complexity index is 347. The van der Waals surface area contributed by atoms with Gasteiger partial charge in [-0.3, -0.25) is 4.79 Å². The summed E-state index contributed by atoms with van der Waals surface area (Å²) in [7, 11) is 0. The van der Waals surface area contributed by atoms with E-state index in [2.05, 4.69) is 15.7 Å². The number of esters is 1. The number of unbranched alkanes of at least 4 members (excludes halogenated alkanes) is 4. The summed E-state index contributed by atoms with van der Waals surface area (Å²) in [4.78, 5) is 15.2. The average Bonchev–Trinajstić information content (AvgIpc) is 2.74. The topological polar surface area (TPSA) is 44.1 Å². The van der Waals surface area contributed by atoms with Crippen molar-refractivity contribution in [3.8, 4) is 0 Å². The van der Waals surface area contributed by atoms with Crippen molar-refractivity contribution >= 4 is 5.97 Å². The second-order valence-electron chi connectivity index (χ2n) is 4.43. The Kier molecular flexibility index (Phi) is 7.14. The Hall–Kier alpha value is -1.32. The number of aryl methyl sites for hydroxylation is 2. The standard InChI is InChI=1S/C14H23N2O2/c1-3-18-14(17)9-7-5-4-6-8-11-16-12-10-15-13(16)2/h12H,3-9,11H2,1-2H3. The highest BCUT2D eigenvalue weighted by Crippen LogP contribution is 2.08. The van der Waals surface area contributed by atoms with Crippen molar-refractivity contribution in [1.82, 2.24) is 9.55 Å². The molecule has 0 fully saturated rings. The van der Waals surface area contributed by atoms with Gasteiger partial charge in [0.2, 0.25) is 0 Å². The largest absolute Gasteiger partial charge is 0.466 e. The van der Waals surface area contributed by atoms with Gasteiger partial charge in [0.1, 0.15) is 12.0 Å². The zero-order valence-corrected chi connectivity index (χ0v) is 11.4. The molecule has 0 atom stereocenters. The third-order valence-electron chi connectivity index (χ3n) is 2.94. The maximum atomic E-state index is 11.1. The first-order valence-corrected chi connectivity index (χ1v) is 6.79. The number of hydrogen-bond donors (Lipinski definition) is 0. The highest BCUT2D eigenvalue weighted by Gasteiger charge is 2.01. The number of carbonyl (C=O) groups excluding carboxylic acids is 1. The van der Waals surface area contributed by atoms with Crippen LogP contribution in [-0.4, -0.2) is 22.1 Å². The second kappa shape index (κ2) is 8.72. The molecule has 1 aromatic rings. The van der Waals surface area contributed by atoms with Gasteiger partial charge in [-0.25, -0.2) is 4.98 Å². The van der Waals surface area contributed by atoms with Crippen molar-refractivity contribution < 1.29 is 9.53 Å². The van der Waals surface area contributed by atoms with Gasteiger partial charge in [0.05, 0.1) is 6.61 Å². The molecule has 0 spiro atoms. The van der Waals surface area contributed by atoms with Crippen LogP contribution in [0.15, 0.2) is 6.20 Å². The molecule has 18 heavy (non-hydrogen) atoms. The molecular weight excluding hydrogens is 228 g/mol.